The third-order valence-corrected chi connectivity index (χ3v) is 3.64. The molecule has 2 N–H and O–H groups in total. The summed E-state index contributed by atoms with van der Waals surface area (Å²) < 4.78 is 0. The monoisotopic (exact) mass is 233 g/mol. The van der Waals surface area contributed by atoms with Crippen molar-refractivity contribution in [3.8, 4) is 0 Å². The fraction of sp³-hybridized carbons (Fsp3) is 0.583. The molecule has 0 radical (unpaired) electrons. The van der Waals surface area contributed by atoms with Crippen LogP contribution in [0.25, 0.3) is 0 Å². The number of aliphatic carboxylic acids is 1. The number of rotatable bonds is 3. The van der Waals surface area contributed by atoms with Gasteiger partial charge in [0.25, 0.3) is 0 Å². The van der Waals surface area contributed by atoms with Gasteiger partial charge in [-0.25, -0.2) is 14.8 Å². The Bertz CT molecular complexity index is 469. The minimum atomic E-state index is -0.777. The quantitative estimate of drug-likeness (QED) is 0.825. The molecule has 0 atom stereocenters. The van der Waals surface area contributed by atoms with Gasteiger partial charge < -0.3 is 10.4 Å². The molecular formula is C12H15N3O2. The first kappa shape index (κ1) is 10.5. The number of carboxylic acid groups (broad SMARTS) is 1. The molecular weight excluding hydrogens is 218 g/mol. The van der Waals surface area contributed by atoms with E-state index in [2.05, 4.69) is 15.3 Å². The summed E-state index contributed by atoms with van der Waals surface area (Å²) in [5.41, 5.74) is 1.43. The predicted octanol–water partition coefficient (Wildman–Crippen LogP) is 1.38. The van der Waals surface area contributed by atoms with Gasteiger partial charge in [0.2, 0.25) is 0 Å². The van der Waals surface area contributed by atoms with Gasteiger partial charge in [0, 0.05) is 11.3 Å². The van der Waals surface area contributed by atoms with Gasteiger partial charge in [0.15, 0.2) is 0 Å². The number of hydrogen-bond acceptors (Lipinski definition) is 4. The van der Waals surface area contributed by atoms with Crippen molar-refractivity contribution >= 4 is 11.8 Å². The fourth-order valence-electron chi connectivity index (χ4n) is 2.37. The van der Waals surface area contributed by atoms with E-state index < -0.39 is 11.5 Å². The van der Waals surface area contributed by atoms with Crippen LogP contribution in [0.4, 0.5) is 5.82 Å². The number of nitrogens with one attached hydrogen (secondary N) is 1. The summed E-state index contributed by atoms with van der Waals surface area (Å²) in [5, 5.41) is 12.3. The summed E-state index contributed by atoms with van der Waals surface area (Å²) in [6.45, 7) is 0. The Labute approximate surface area is 99.3 Å². The number of fused-ring (bicyclic) bond motifs is 1. The molecule has 1 fully saturated rings. The maximum atomic E-state index is 11.2. The van der Waals surface area contributed by atoms with Crippen LogP contribution in [0, 0.1) is 0 Å². The van der Waals surface area contributed by atoms with E-state index in [4.69, 9.17) is 5.11 Å². The Morgan fingerprint density at radius 2 is 2.06 bits per heavy atom. The van der Waals surface area contributed by atoms with E-state index in [-0.39, 0.29) is 0 Å². The number of aromatic nitrogens is 2. The highest BCUT2D eigenvalue weighted by atomic mass is 16.4. The molecule has 0 aliphatic heterocycles. The highest BCUT2D eigenvalue weighted by Crippen LogP contribution is 2.40. The molecule has 0 spiro atoms. The Kier molecular flexibility index (Phi) is 2.28. The van der Waals surface area contributed by atoms with Gasteiger partial charge in [-0.1, -0.05) is 0 Å². The summed E-state index contributed by atoms with van der Waals surface area (Å²) >= 11 is 0. The third kappa shape index (κ3) is 1.75. The summed E-state index contributed by atoms with van der Waals surface area (Å²) in [7, 11) is 0. The number of hydrogen-bond donors (Lipinski definition) is 2. The van der Waals surface area contributed by atoms with E-state index in [1.165, 1.54) is 6.33 Å². The molecule has 3 rings (SSSR count). The number of carboxylic acids is 1. The van der Waals surface area contributed by atoms with Crippen molar-refractivity contribution in [2.75, 3.05) is 5.32 Å². The lowest BCUT2D eigenvalue weighted by Crippen LogP contribution is -2.32. The molecule has 2 aliphatic carbocycles. The van der Waals surface area contributed by atoms with Gasteiger partial charge in [-0.15, -0.1) is 0 Å². The molecule has 5 heteroatoms. The van der Waals surface area contributed by atoms with Gasteiger partial charge in [-0.05, 0) is 38.5 Å². The van der Waals surface area contributed by atoms with Crippen LogP contribution in [0.1, 0.15) is 36.9 Å². The summed E-state index contributed by atoms with van der Waals surface area (Å²) in [4.78, 5) is 19.6. The van der Waals surface area contributed by atoms with E-state index >= 15 is 0 Å². The van der Waals surface area contributed by atoms with Crippen LogP contribution in [0.2, 0.25) is 0 Å². The van der Waals surface area contributed by atoms with Crippen molar-refractivity contribution in [1.29, 1.82) is 0 Å². The summed E-state index contributed by atoms with van der Waals surface area (Å²) in [5.74, 6) is -0.0460. The van der Waals surface area contributed by atoms with Gasteiger partial charge >= 0.3 is 5.97 Å². The zero-order valence-corrected chi connectivity index (χ0v) is 9.57. The molecule has 5 nitrogen and oxygen atoms in total. The molecule has 0 bridgehead atoms. The second kappa shape index (κ2) is 3.68. The van der Waals surface area contributed by atoms with Gasteiger partial charge in [-0.3, -0.25) is 0 Å². The number of carbonyl (C=O) groups is 1. The Hall–Kier alpha value is -1.65. The van der Waals surface area contributed by atoms with Crippen molar-refractivity contribution in [1.82, 2.24) is 9.97 Å². The van der Waals surface area contributed by atoms with Crippen LogP contribution in [0.3, 0.4) is 0 Å². The molecule has 0 aromatic carbocycles. The first-order chi connectivity index (χ1) is 8.21. The van der Waals surface area contributed by atoms with Gasteiger partial charge in [-0.2, -0.15) is 0 Å². The molecule has 0 amide bonds. The highest BCUT2D eigenvalue weighted by molar-refractivity contribution is 5.86. The van der Waals surface area contributed by atoms with E-state index in [0.717, 1.165) is 42.8 Å². The van der Waals surface area contributed by atoms with Crippen molar-refractivity contribution in [2.24, 2.45) is 0 Å². The Morgan fingerprint density at radius 3 is 2.76 bits per heavy atom. The van der Waals surface area contributed by atoms with E-state index in [0.29, 0.717) is 12.8 Å². The Balaban J connectivity index is 1.91. The Morgan fingerprint density at radius 1 is 1.29 bits per heavy atom. The highest BCUT2D eigenvalue weighted by Gasteiger charge is 2.51. The second-order valence-electron chi connectivity index (χ2n) is 4.87. The second-order valence-corrected chi connectivity index (χ2v) is 4.87. The number of nitrogens with zero attached hydrogens (tertiary/aromatic N) is 2. The van der Waals surface area contributed by atoms with Crippen molar-refractivity contribution in [3.63, 3.8) is 0 Å². The van der Waals surface area contributed by atoms with Gasteiger partial charge in [0.1, 0.15) is 17.7 Å². The van der Waals surface area contributed by atoms with E-state index in [1.54, 1.807) is 0 Å². The number of anilines is 1. The maximum absolute atomic E-state index is 11.2. The average molecular weight is 233 g/mol. The van der Waals surface area contributed by atoms with Crippen LogP contribution in [-0.2, 0) is 17.6 Å². The predicted molar refractivity (Wildman–Crippen MR) is 61.9 cm³/mol. The molecule has 1 heterocycles. The van der Waals surface area contributed by atoms with Crippen molar-refractivity contribution in [3.05, 3.63) is 17.6 Å². The molecule has 0 saturated heterocycles. The third-order valence-electron chi connectivity index (χ3n) is 3.64. The topological polar surface area (TPSA) is 75.1 Å². The average Bonchev–Trinajstić information content (AvgIpc) is 3.11. The first-order valence-corrected chi connectivity index (χ1v) is 6.06. The molecule has 1 aromatic rings. The van der Waals surface area contributed by atoms with Crippen molar-refractivity contribution < 1.29 is 9.90 Å². The van der Waals surface area contributed by atoms with Crippen molar-refractivity contribution in [2.45, 2.75) is 44.1 Å². The van der Waals surface area contributed by atoms with Crippen LogP contribution in [-0.4, -0.2) is 26.6 Å². The zero-order chi connectivity index (χ0) is 11.9. The lowest BCUT2D eigenvalue weighted by Gasteiger charge is -2.20. The van der Waals surface area contributed by atoms with Crippen LogP contribution >= 0.6 is 0 Å². The largest absolute Gasteiger partial charge is 0.480 e. The standard InChI is InChI=1S/C12H15N3O2/c16-11(17)12(5-6-12)15-10-8-3-1-2-4-9(8)13-7-14-10/h7H,1-6H2,(H,16,17)(H,13,14,15). The SMILES string of the molecule is O=C(O)C1(Nc2ncnc3c2CCCC3)CC1. The van der Waals surface area contributed by atoms with Gasteiger partial charge in [0.05, 0.1) is 0 Å². The molecule has 17 heavy (non-hydrogen) atoms. The minimum Gasteiger partial charge on any atom is -0.480 e. The lowest BCUT2D eigenvalue weighted by atomic mass is 9.96. The van der Waals surface area contributed by atoms with Crippen LogP contribution in [0.5, 0.6) is 0 Å². The smallest absolute Gasteiger partial charge is 0.329 e. The van der Waals surface area contributed by atoms with Crippen LogP contribution in [0.15, 0.2) is 6.33 Å². The summed E-state index contributed by atoms with van der Waals surface area (Å²) in [6.07, 6.45) is 7.12. The fourth-order valence-corrected chi connectivity index (χ4v) is 2.37. The van der Waals surface area contributed by atoms with Crippen LogP contribution < -0.4 is 5.32 Å². The number of aryl methyl sites for hydroxylation is 1. The van der Waals surface area contributed by atoms with E-state index in [1.807, 2.05) is 0 Å². The maximum Gasteiger partial charge on any atom is 0.329 e. The first-order valence-electron chi connectivity index (χ1n) is 6.06. The molecule has 1 aromatic heterocycles. The summed E-state index contributed by atoms with van der Waals surface area (Å²) in [6, 6.07) is 0. The normalized spacial score (nSPS) is 20.5. The minimum absolute atomic E-state index is 0.682. The molecule has 1 saturated carbocycles. The molecule has 90 valence electrons. The molecule has 0 unspecified atom stereocenters. The molecule has 2 aliphatic rings. The zero-order valence-electron chi connectivity index (χ0n) is 9.57. The van der Waals surface area contributed by atoms with E-state index in [9.17, 15) is 4.79 Å². The lowest BCUT2D eigenvalue weighted by molar-refractivity contribution is -0.138.